The second kappa shape index (κ2) is 4.83. The highest BCUT2D eigenvalue weighted by Crippen LogP contribution is 2.10. The number of hydrogen-bond donors (Lipinski definition) is 0. The van der Waals surface area contributed by atoms with Crippen molar-refractivity contribution in [3.8, 4) is 0 Å². The Bertz CT molecular complexity index is 125. The van der Waals surface area contributed by atoms with E-state index in [-0.39, 0.29) is 0 Å². The van der Waals surface area contributed by atoms with Crippen LogP contribution in [0.25, 0.3) is 0 Å². The molecular formula is C10H22N2. The van der Waals surface area contributed by atoms with Gasteiger partial charge in [-0.3, -0.25) is 4.90 Å². The van der Waals surface area contributed by atoms with Crippen LogP contribution in [0.4, 0.5) is 0 Å². The fourth-order valence-electron chi connectivity index (χ4n) is 2.10. The van der Waals surface area contributed by atoms with Gasteiger partial charge in [-0.25, -0.2) is 0 Å². The molecule has 1 aliphatic rings. The van der Waals surface area contributed by atoms with Crippen LogP contribution in [0.1, 0.15) is 26.7 Å². The van der Waals surface area contributed by atoms with E-state index in [1.54, 1.807) is 0 Å². The first-order valence-corrected chi connectivity index (χ1v) is 5.20. The molecule has 1 fully saturated rings. The average molecular weight is 170 g/mol. The normalized spacial score (nSPS) is 28.8. The first-order chi connectivity index (χ1) is 5.77. The highest BCUT2D eigenvalue weighted by Gasteiger charge is 2.19. The van der Waals surface area contributed by atoms with Gasteiger partial charge in [0, 0.05) is 12.6 Å². The lowest BCUT2D eigenvalue weighted by atomic mass is 10.2. The van der Waals surface area contributed by atoms with Crippen molar-refractivity contribution in [3.05, 3.63) is 0 Å². The van der Waals surface area contributed by atoms with E-state index in [1.165, 1.54) is 39.0 Å². The van der Waals surface area contributed by atoms with Crippen molar-refractivity contribution in [1.82, 2.24) is 9.80 Å². The maximum Gasteiger partial charge on any atom is 0.0220 e. The molecule has 0 N–H and O–H groups in total. The van der Waals surface area contributed by atoms with Gasteiger partial charge in [0.15, 0.2) is 0 Å². The predicted octanol–water partition coefficient (Wildman–Crippen LogP) is 1.42. The summed E-state index contributed by atoms with van der Waals surface area (Å²) < 4.78 is 0. The van der Waals surface area contributed by atoms with Gasteiger partial charge in [0.25, 0.3) is 0 Å². The molecule has 0 spiro atoms. The van der Waals surface area contributed by atoms with Crippen LogP contribution in [0.2, 0.25) is 0 Å². The largest absolute Gasteiger partial charge is 0.305 e. The number of likely N-dealkylation sites (N-methyl/N-ethyl adjacent to an activating group) is 2. The maximum absolute atomic E-state index is 2.61. The Morgan fingerprint density at radius 1 is 1.25 bits per heavy atom. The van der Waals surface area contributed by atoms with Crippen LogP contribution in [-0.4, -0.2) is 49.1 Å². The van der Waals surface area contributed by atoms with Crippen molar-refractivity contribution in [1.29, 1.82) is 0 Å². The van der Waals surface area contributed by atoms with Crippen LogP contribution >= 0.6 is 0 Å². The third-order valence-corrected chi connectivity index (χ3v) is 2.90. The summed E-state index contributed by atoms with van der Waals surface area (Å²) >= 11 is 0. The summed E-state index contributed by atoms with van der Waals surface area (Å²) in [5.41, 5.74) is 0. The van der Waals surface area contributed by atoms with Crippen LogP contribution in [-0.2, 0) is 0 Å². The second-order valence-corrected chi connectivity index (χ2v) is 3.81. The molecule has 0 saturated carbocycles. The second-order valence-electron chi connectivity index (χ2n) is 3.81. The van der Waals surface area contributed by atoms with E-state index in [4.69, 9.17) is 0 Å². The summed E-state index contributed by atoms with van der Waals surface area (Å²) in [5, 5.41) is 0. The smallest absolute Gasteiger partial charge is 0.0220 e. The molecule has 1 rings (SSSR count). The molecule has 1 saturated heterocycles. The lowest BCUT2D eigenvalue weighted by molar-refractivity contribution is 0.192. The maximum atomic E-state index is 2.61. The minimum absolute atomic E-state index is 0.794. The SMILES string of the molecule is CC[C@@H]1CN(C)CCCN1CC. The molecule has 0 unspecified atom stereocenters. The zero-order valence-corrected chi connectivity index (χ0v) is 8.71. The van der Waals surface area contributed by atoms with Crippen LogP contribution in [0, 0.1) is 0 Å². The lowest BCUT2D eigenvalue weighted by Crippen LogP contribution is -2.39. The van der Waals surface area contributed by atoms with Gasteiger partial charge in [0.1, 0.15) is 0 Å². The van der Waals surface area contributed by atoms with Crippen molar-refractivity contribution in [2.24, 2.45) is 0 Å². The number of hydrogen-bond acceptors (Lipinski definition) is 2. The third kappa shape index (κ3) is 2.46. The minimum atomic E-state index is 0.794. The molecule has 0 aromatic carbocycles. The number of rotatable bonds is 2. The van der Waals surface area contributed by atoms with E-state index in [0.29, 0.717) is 0 Å². The summed E-state index contributed by atoms with van der Waals surface area (Å²) in [6.07, 6.45) is 2.62. The topological polar surface area (TPSA) is 6.48 Å². The van der Waals surface area contributed by atoms with Crippen molar-refractivity contribution in [2.75, 3.05) is 33.2 Å². The summed E-state index contributed by atoms with van der Waals surface area (Å²) in [4.78, 5) is 5.08. The van der Waals surface area contributed by atoms with Crippen LogP contribution < -0.4 is 0 Å². The molecule has 1 atom stereocenters. The summed E-state index contributed by atoms with van der Waals surface area (Å²) in [6.45, 7) is 9.60. The van der Waals surface area contributed by atoms with Gasteiger partial charge < -0.3 is 4.90 Å². The molecule has 0 amide bonds. The molecular weight excluding hydrogens is 148 g/mol. The molecule has 0 aromatic rings. The Hall–Kier alpha value is -0.0800. The highest BCUT2D eigenvalue weighted by atomic mass is 15.2. The van der Waals surface area contributed by atoms with Crippen molar-refractivity contribution in [2.45, 2.75) is 32.7 Å². The molecule has 12 heavy (non-hydrogen) atoms. The first kappa shape index (κ1) is 10.0. The molecule has 2 nitrogen and oxygen atoms in total. The Balaban J connectivity index is 2.49. The first-order valence-electron chi connectivity index (χ1n) is 5.20. The van der Waals surface area contributed by atoms with Crippen LogP contribution in [0.15, 0.2) is 0 Å². The summed E-state index contributed by atoms with van der Waals surface area (Å²) in [5.74, 6) is 0. The monoisotopic (exact) mass is 170 g/mol. The molecule has 1 heterocycles. The van der Waals surface area contributed by atoms with E-state index in [0.717, 1.165) is 6.04 Å². The van der Waals surface area contributed by atoms with E-state index >= 15 is 0 Å². The Morgan fingerprint density at radius 2 is 2.00 bits per heavy atom. The van der Waals surface area contributed by atoms with E-state index in [2.05, 4.69) is 30.7 Å². The highest BCUT2D eigenvalue weighted by molar-refractivity contribution is 4.76. The van der Waals surface area contributed by atoms with Crippen molar-refractivity contribution in [3.63, 3.8) is 0 Å². The van der Waals surface area contributed by atoms with Gasteiger partial charge in [-0.05, 0) is 39.5 Å². The van der Waals surface area contributed by atoms with Gasteiger partial charge >= 0.3 is 0 Å². The van der Waals surface area contributed by atoms with Crippen molar-refractivity contribution < 1.29 is 0 Å². The molecule has 0 bridgehead atoms. The minimum Gasteiger partial charge on any atom is -0.305 e. The van der Waals surface area contributed by atoms with Crippen LogP contribution in [0.5, 0.6) is 0 Å². The average Bonchev–Trinajstić information content (AvgIpc) is 2.26. The Labute approximate surface area is 76.5 Å². The predicted molar refractivity (Wildman–Crippen MR) is 53.4 cm³/mol. The van der Waals surface area contributed by atoms with Crippen molar-refractivity contribution >= 4 is 0 Å². The Morgan fingerprint density at radius 3 is 2.58 bits per heavy atom. The Kier molecular flexibility index (Phi) is 4.02. The molecule has 0 aromatic heterocycles. The van der Waals surface area contributed by atoms with Gasteiger partial charge in [-0.15, -0.1) is 0 Å². The lowest BCUT2D eigenvalue weighted by Gasteiger charge is -2.28. The van der Waals surface area contributed by atoms with E-state index in [1.807, 2.05) is 0 Å². The van der Waals surface area contributed by atoms with Gasteiger partial charge in [-0.2, -0.15) is 0 Å². The zero-order chi connectivity index (χ0) is 8.97. The van der Waals surface area contributed by atoms with Gasteiger partial charge in [0.2, 0.25) is 0 Å². The van der Waals surface area contributed by atoms with E-state index < -0.39 is 0 Å². The van der Waals surface area contributed by atoms with Crippen LogP contribution in [0.3, 0.4) is 0 Å². The molecule has 2 heteroatoms. The third-order valence-electron chi connectivity index (χ3n) is 2.90. The fraction of sp³-hybridized carbons (Fsp3) is 1.00. The molecule has 72 valence electrons. The zero-order valence-electron chi connectivity index (χ0n) is 8.71. The summed E-state index contributed by atoms with van der Waals surface area (Å²) in [6, 6.07) is 0.794. The van der Waals surface area contributed by atoms with Gasteiger partial charge in [-0.1, -0.05) is 13.8 Å². The van der Waals surface area contributed by atoms with Gasteiger partial charge in [0.05, 0.1) is 0 Å². The summed E-state index contributed by atoms with van der Waals surface area (Å²) in [7, 11) is 2.24. The standard InChI is InChI=1S/C10H22N2/c1-4-10-9-11(3)7-6-8-12(10)5-2/h10H,4-9H2,1-3H3/t10-/m1/s1. The fourth-order valence-corrected chi connectivity index (χ4v) is 2.10. The molecule has 1 aliphatic heterocycles. The molecule has 0 radical (unpaired) electrons. The van der Waals surface area contributed by atoms with E-state index in [9.17, 15) is 0 Å². The molecule has 0 aliphatic carbocycles. The number of nitrogens with zero attached hydrogens (tertiary/aromatic N) is 2. The quantitative estimate of drug-likeness (QED) is 0.618.